The summed E-state index contributed by atoms with van der Waals surface area (Å²) in [7, 11) is -3.50. The van der Waals surface area contributed by atoms with E-state index in [2.05, 4.69) is 14.9 Å². The highest BCUT2D eigenvalue weighted by atomic mass is 32.2. The molecule has 0 aliphatic heterocycles. The summed E-state index contributed by atoms with van der Waals surface area (Å²) in [6.45, 7) is 3.62. The molecule has 0 radical (unpaired) electrons. The van der Waals surface area contributed by atoms with Crippen molar-refractivity contribution in [1.82, 2.24) is 14.9 Å². The van der Waals surface area contributed by atoms with Crippen molar-refractivity contribution in [2.75, 3.05) is 6.54 Å². The molecule has 1 unspecified atom stereocenters. The third kappa shape index (κ3) is 3.84. The van der Waals surface area contributed by atoms with Crippen molar-refractivity contribution >= 4 is 10.0 Å². The lowest BCUT2D eigenvalue weighted by molar-refractivity contribution is 0.574. The van der Waals surface area contributed by atoms with Gasteiger partial charge in [-0.2, -0.15) is 10.4 Å². The van der Waals surface area contributed by atoms with Crippen LogP contribution in [0.5, 0.6) is 0 Å². The van der Waals surface area contributed by atoms with Crippen LogP contribution in [0.15, 0.2) is 6.20 Å². The monoisotopic (exact) mass is 256 g/mol. The van der Waals surface area contributed by atoms with Crippen LogP contribution >= 0.6 is 0 Å². The van der Waals surface area contributed by atoms with Crippen molar-refractivity contribution < 1.29 is 8.42 Å². The Balaban J connectivity index is 2.35. The third-order valence-corrected chi connectivity index (χ3v) is 4.15. The second-order valence-electron chi connectivity index (χ2n) is 3.83. The maximum atomic E-state index is 11.4. The summed E-state index contributed by atoms with van der Waals surface area (Å²) >= 11 is 0. The number of H-pyrrole nitrogens is 1. The minimum Gasteiger partial charge on any atom is -0.283 e. The van der Waals surface area contributed by atoms with E-state index in [0.29, 0.717) is 13.0 Å². The number of rotatable bonds is 6. The summed E-state index contributed by atoms with van der Waals surface area (Å²) in [5, 5.41) is 14.2. The number of aryl methyl sites for hydroxylation is 2. The summed E-state index contributed by atoms with van der Waals surface area (Å²) in [4.78, 5) is 0. The second-order valence-corrected chi connectivity index (χ2v) is 5.92. The van der Waals surface area contributed by atoms with Crippen LogP contribution in [0.3, 0.4) is 0 Å². The molecule has 0 saturated heterocycles. The molecule has 94 valence electrons. The van der Waals surface area contributed by atoms with E-state index in [4.69, 9.17) is 5.26 Å². The predicted molar refractivity (Wildman–Crippen MR) is 63.6 cm³/mol. The molecule has 0 fully saturated rings. The number of sulfonamides is 1. The molecular weight excluding hydrogens is 240 g/mol. The molecular formula is C10H16N4O2S. The molecule has 0 saturated carbocycles. The molecule has 17 heavy (non-hydrogen) atoms. The fourth-order valence-corrected chi connectivity index (χ4v) is 2.13. The zero-order valence-corrected chi connectivity index (χ0v) is 10.7. The average molecular weight is 256 g/mol. The number of nitriles is 1. The zero-order chi connectivity index (χ0) is 12.9. The Kier molecular flexibility index (Phi) is 4.66. The van der Waals surface area contributed by atoms with E-state index >= 15 is 0 Å². The van der Waals surface area contributed by atoms with Crippen LogP contribution in [-0.2, 0) is 16.4 Å². The van der Waals surface area contributed by atoms with Gasteiger partial charge in [0.05, 0.1) is 12.3 Å². The molecule has 0 aliphatic carbocycles. The first kappa shape index (κ1) is 13.7. The Bertz CT molecular complexity index is 501. The Labute approximate surface area is 101 Å². The van der Waals surface area contributed by atoms with E-state index in [-0.39, 0.29) is 0 Å². The topological polar surface area (TPSA) is 98.6 Å². The van der Waals surface area contributed by atoms with Crippen molar-refractivity contribution in [3.63, 3.8) is 0 Å². The first-order chi connectivity index (χ1) is 7.97. The fraction of sp³-hybridized carbons (Fsp3) is 0.600. The Morgan fingerprint density at radius 2 is 2.35 bits per heavy atom. The van der Waals surface area contributed by atoms with Gasteiger partial charge in [0, 0.05) is 12.2 Å². The van der Waals surface area contributed by atoms with Gasteiger partial charge < -0.3 is 0 Å². The van der Waals surface area contributed by atoms with E-state index in [9.17, 15) is 8.42 Å². The van der Waals surface area contributed by atoms with Gasteiger partial charge in [-0.1, -0.05) is 0 Å². The SMILES string of the molecule is Cc1[nH]ncc1CCCNS(=O)(=O)C(C)C#N. The molecule has 1 aromatic heterocycles. The van der Waals surface area contributed by atoms with Gasteiger partial charge in [0.1, 0.15) is 0 Å². The first-order valence-electron chi connectivity index (χ1n) is 5.34. The maximum absolute atomic E-state index is 11.4. The highest BCUT2D eigenvalue weighted by Crippen LogP contribution is 2.05. The van der Waals surface area contributed by atoms with E-state index in [1.54, 1.807) is 12.3 Å². The molecule has 1 atom stereocenters. The number of hydrogen-bond donors (Lipinski definition) is 2. The first-order valence-corrected chi connectivity index (χ1v) is 6.89. The lowest BCUT2D eigenvalue weighted by atomic mass is 10.1. The summed E-state index contributed by atoms with van der Waals surface area (Å²) in [5.74, 6) is 0. The molecule has 0 spiro atoms. The van der Waals surface area contributed by atoms with Gasteiger partial charge in [0.15, 0.2) is 5.25 Å². The van der Waals surface area contributed by atoms with Crippen LogP contribution in [0.25, 0.3) is 0 Å². The van der Waals surface area contributed by atoms with Crippen molar-refractivity contribution in [3.05, 3.63) is 17.5 Å². The van der Waals surface area contributed by atoms with Crippen molar-refractivity contribution in [2.45, 2.75) is 31.9 Å². The minimum absolute atomic E-state index is 0.332. The van der Waals surface area contributed by atoms with Crippen LogP contribution in [0.4, 0.5) is 0 Å². The highest BCUT2D eigenvalue weighted by Gasteiger charge is 2.18. The predicted octanol–water partition coefficient (Wildman–Crippen LogP) is 0.482. The van der Waals surface area contributed by atoms with Gasteiger partial charge >= 0.3 is 0 Å². The Morgan fingerprint density at radius 3 is 2.88 bits per heavy atom. The summed E-state index contributed by atoms with van der Waals surface area (Å²) in [6.07, 6.45) is 3.17. The zero-order valence-electron chi connectivity index (χ0n) is 9.90. The third-order valence-electron chi connectivity index (χ3n) is 2.51. The van der Waals surface area contributed by atoms with Crippen molar-refractivity contribution in [3.8, 4) is 6.07 Å². The van der Waals surface area contributed by atoms with Crippen LogP contribution in [0, 0.1) is 18.3 Å². The van der Waals surface area contributed by atoms with Gasteiger partial charge in [-0.05, 0) is 32.3 Å². The number of nitrogens with one attached hydrogen (secondary N) is 2. The van der Waals surface area contributed by atoms with E-state index in [1.165, 1.54) is 6.92 Å². The number of aromatic amines is 1. The van der Waals surface area contributed by atoms with E-state index in [1.807, 2.05) is 6.92 Å². The van der Waals surface area contributed by atoms with Crippen LogP contribution in [0.2, 0.25) is 0 Å². The summed E-state index contributed by atoms with van der Waals surface area (Å²) < 4.78 is 25.3. The van der Waals surface area contributed by atoms with Gasteiger partial charge in [0.25, 0.3) is 0 Å². The van der Waals surface area contributed by atoms with Gasteiger partial charge in [-0.25, -0.2) is 13.1 Å². The highest BCUT2D eigenvalue weighted by molar-refractivity contribution is 7.90. The van der Waals surface area contributed by atoms with E-state index < -0.39 is 15.3 Å². The van der Waals surface area contributed by atoms with E-state index in [0.717, 1.165) is 17.7 Å². The van der Waals surface area contributed by atoms with Crippen molar-refractivity contribution in [2.24, 2.45) is 0 Å². The average Bonchev–Trinajstić information content (AvgIpc) is 2.69. The van der Waals surface area contributed by atoms with Crippen LogP contribution < -0.4 is 4.72 Å². The fourth-order valence-electron chi connectivity index (χ4n) is 1.32. The molecule has 6 nitrogen and oxygen atoms in total. The van der Waals surface area contributed by atoms with Gasteiger partial charge in [-0.15, -0.1) is 0 Å². The van der Waals surface area contributed by atoms with Crippen molar-refractivity contribution in [1.29, 1.82) is 5.26 Å². The largest absolute Gasteiger partial charge is 0.283 e. The van der Waals surface area contributed by atoms with Gasteiger partial charge in [-0.3, -0.25) is 5.10 Å². The Morgan fingerprint density at radius 1 is 1.65 bits per heavy atom. The molecule has 0 aliphatic rings. The minimum atomic E-state index is -3.50. The molecule has 0 bridgehead atoms. The smallest absolute Gasteiger partial charge is 0.227 e. The molecule has 1 heterocycles. The summed E-state index contributed by atoms with van der Waals surface area (Å²) in [5.41, 5.74) is 2.08. The molecule has 7 heteroatoms. The van der Waals surface area contributed by atoms with Crippen LogP contribution in [-0.4, -0.2) is 30.4 Å². The molecule has 1 rings (SSSR count). The quantitative estimate of drug-likeness (QED) is 0.723. The number of hydrogen-bond acceptors (Lipinski definition) is 4. The maximum Gasteiger partial charge on any atom is 0.227 e. The molecule has 2 N–H and O–H groups in total. The standard InChI is InChI=1S/C10H16N4O2S/c1-8(6-11)17(15,16)13-5-3-4-10-7-12-14-9(10)2/h7-8,13H,3-5H2,1-2H3,(H,12,14). The lowest BCUT2D eigenvalue weighted by Gasteiger charge is -2.07. The summed E-state index contributed by atoms with van der Waals surface area (Å²) in [6, 6.07) is 1.70. The number of aromatic nitrogens is 2. The lowest BCUT2D eigenvalue weighted by Crippen LogP contribution is -2.32. The molecule has 0 aromatic carbocycles. The molecule has 0 amide bonds. The second kappa shape index (κ2) is 5.80. The number of nitrogens with zero attached hydrogens (tertiary/aromatic N) is 2. The van der Waals surface area contributed by atoms with Gasteiger partial charge in [0.2, 0.25) is 10.0 Å². The Hall–Kier alpha value is -1.39. The van der Waals surface area contributed by atoms with Crippen LogP contribution in [0.1, 0.15) is 24.6 Å². The normalized spacial score (nSPS) is 13.2. The molecule has 1 aromatic rings.